The predicted molar refractivity (Wildman–Crippen MR) is 72.4 cm³/mol. The third-order valence-electron chi connectivity index (χ3n) is 4.05. The Morgan fingerprint density at radius 2 is 1.68 bits per heavy atom. The minimum atomic E-state index is -0.344. The van der Waals surface area contributed by atoms with Crippen LogP contribution >= 0.6 is 0 Å². The number of nitro benzene ring substituents is 1. The minimum absolute atomic E-state index is 0. The fourth-order valence-corrected chi connectivity index (χ4v) is 2.99. The molecule has 6 heteroatoms. The second kappa shape index (κ2) is 5.52. The lowest BCUT2D eigenvalue weighted by molar-refractivity contribution is -0.384. The maximum atomic E-state index is 10.7. The van der Waals surface area contributed by atoms with Crippen molar-refractivity contribution >= 4 is 11.4 Å². The number of nitrogens with zero attached hydrogens (tertiary/aromatic N) is 3. The fraction of sp³-hybridized carbons (Fsp3) is 0.538. The molecule has 1 aromatic carbocycles. The number of hydrogen-bond acceptors (Lipinski definition) is 4. The van der Waals surface area contributed by atoms with E-state index in [-0.39, 0.29) is 15.3 Å². The molecule has 3 heterocycles. The molecule has 0 spiro atoms. The summed E-state index contributed by atoms with van der Waals surface area (Å²) in [5, 5.41) is 10.7. The number of anilines is 1. The maximum Gasteiger partial charge on any atom is 0.269 e. The van der Waals surface area contributed by atoms with Gasteiger partial charge >= 0.3 is 0 Å². The second-order valence-corrected chi connectivity index (χ2v) is 5.04. The van der Waals surface area contributed by atoms with Crippen LogP contribution in [0.2, 0.25) is 0 Å². The summed E-state index contributed by atoms with van der Waals surface area (Å²) in [6, 6.07) is 7.57. The van der Waals surface area contributed by atoms with Crippen molar-refractivity contribution in [1.82, 2.24) is 4.90 Å². The van der Waals surface area contributed by atoms with Crippen molar-refractivity contribution in [2.24, 2.45) is 0 Å². The lowest BCUT2D eigenvalue weighted by atomic mass is 10.0. The van der Waals surface area contributed by atoms with Crippen LogP contribution < -0.4 is 4.90 Å². The van der Waals surface area contributed by atoms with Crippen molar-refractivity contribution in [2.75, 3.05) is 31.1 Å². The first kappa shape index (κ1) is 13.7. The molecule has 0 saturated carbocycles. The maximum absolute atomic E-state index is 10.7. The normalized spacial score (nSPS) is 25.6. The molecule has 3 aliphatic rings. The average Bonchev–Trinajstić information content (AvgIpc) is 2.72. The SMILES string of the molecule is F.O=[N+]([O-])c1ccc(N2CCN3CCC2CC3)cc1. The molecular formula is C13H18FN3O2. The molecule has 0 N–H and O–H groups in total. The van der Waals surface area contributed by atoms with E-state index in [9.17, 15) is 10.1 Å². The van der Waals surface area contributed by atoms with Crippen molar-refractivity contribution in [3.63, 3.8) is 0 Å². The van der Waals surface area contributed by atoms with E-state index in [1.54, 1.807) is 12.1 Å². The van der Waals surface area contributed by atoms with Gasteiger partial charge in [0.2, 0.25) is 0 Å². The molecule has 0 atom stereocenters. The lowest BCUT2D eigenvalue weighted by Crippen LogP contribution is -2.37. The summed E-state index contributed by atoms with van der Waals surface area (Å²) < 4.78 is 0. The van der Waals surface area contributed by atoms with E-state index in [1.807, 2.05) is 12.1 Å². The summed E-state index contributed by atoms with van der Waals surface area (Å²) in [4.78, 5) is 15.2. The number of fused-ring (bicyclic) bond motifs is 4. The molecule has 0 radical (unpaired) electrons. The predicted octanol–water partition coefficient (Wildman–Crippen LogP) is 2.03. The first-order valence-electron chi connectivity index (χ1n) is 6.47. The zero-order chi connectivity index (χ0) is 12.5. The Bertz CT molecular complexity index is 444. The van der Waals surface area contributed by atoms with Crippen LogP contribution in [0.1, 0.15) is 12.8 Å². The Hall–Kier alpha value is -1.69. The van der Waals surface area contributed by atoms with Gasteiger partial charge in [0.05, 0.1) is 4.92 Å². The Morgan fingerprint density at radius 1 is 1.05 bits per heavy atom. The molecule has 0 unspecified atom stereocenters. The zero-order valence-electron chi connectivity index (χ0n) is 10.7. The highest BCUT2D eigenvalue weighted by Crippen LogP contribution is 2.27. The van der Waals surface area contributed by atoms with Crippen LogP contribution in [0.5, 0.6) is 0 Å². The summed E-state index contributed by atoms with van der Waals surface area (Å²) in [7, 11) is 0. The molecule has 3 aliphatic heterocycles. The van der Waals surface area contributed by atoms with E-state index in [0.29, 0.717) is 6.04 Å². The molecular weight excluding hydrogens is 249 g/mol. The van der Waals surface area contributed by atoms with Crippen LogP contribution in [-0.4, -0.2) is 42.0 Å². The Balaban J connectivity index is 0.00000133. The third kappa shape index (κ3) is 2.68. The standard InChI is InChI=1S/C13H17N3O2.FH/c17-16(18)13-3-1-11(2-4-13)15-10-9-14-7-5-12(15)6-8-14;/h1-4,12H,5-10H2;1H. The van der Waals surface area contributed by atoms with Crippen LogP contribution in [0, 0.1) is 10.1 Å². The van der Waals surface area contributed by atoms with Gasteiger partial charge in [0.25, 0.3) is 5.69 Å². The molecule has 1 aromatic rings. The molecule has 0 aliphatic carbocycles. The second-order valence-electron chi connectivity index (χ2n) is 5.04. The topological polar surface area (TPSA) is 49.6 Å². The van der Waals surface area contributed by atoms with Gasteiger partial charge in [-0.15, -0.1) is 0 Å². The van der Waals surface area contributed by atoms with E-state index >= 15 is 0 Å². The van der Waals surface area contributed by atoms with Crippen molar-refractivity contribution in [2.45, 2.75) is 18.9 Å². The van der Waals surface area contributed by atoms with Crippen LogP contribution in [0.25, 0.3) is 0 Å². The van der Waals surface area contributed by atoms with Gasteiger partial charge in [0, 0.05) is 50.0 Å². The number of non-ortho nitro benzene ring substituents is 1. The number of piperidine rings is 1. The van der Waals surface area contributed by atoms with Crippen LogP contribution in [0.4, 0.5) is 16.1 Å². The summed E-state index contributed by atoms with van der Waals surface area (Å²) in [5.74, 6) is 0. The van der Waals surface area contributed by atoms with Gasteiger partial charge in [-0.25, -0.2) is 0 Å². The van der Waals surface area contributed by atoms with Crippen molar-refractivity contribution in [3.8, 4) is 0 Å². The average molecular weight is 267 g/mol. The van der Waals surface area contributed by atoms with Gasteiger partial charge in [-0.3, -0.25) is 14.8 Å². The number of benzene rings is 1. The summed E-state index contributed by atoms with van der Waals surface area (Å²) in [5.41, 5.74) is 1.29. The van der Waals surface area contributed by atoms with E-state index < -0.39 is 0 Å². The molecule has 4 rings (SSSR count). The van der Waals surface area contributed by atoms with E-state index in [2.05, 4.69) is 9.80 Å². The van der Waals surface area contributed by atoms with E-state index in [0.717, 1.165) is 18.8 Å². The lowest BCUT2D eigenvalue weighted by Gasteiger charge is -2.32. The van der Waals surface area contributed by atoms with Crippen LogP contribution in [-0.2, 0) is 0 Å². The Kier molecular flexibility index (Phi) is 3.99. The largest absolute Gasteiger partial charge is 0.367 e. The van der Waals surface area contributed by atoms with Gasteiger partial charge < -0.3 is 9.80 Å². The molecule has 0 amide bonds. The number of halogens is 1. The molecule has 19 heavy (non-hydrogen) atoms. The molecule has 5 nitrogen and oxygen atoms in total. The molecule has 0 aromatic heterocycles. The third-order valence-corrected chi connectivity index (χ3v) is 4.05. The van der Waals surface area contributed by atoms with Gasteiger partial charge in [0.15, 0.2) is 0 Å². The van der Waals surface area contributed by atoms with Crippen LogP contribution in [0.3, 0.4) is 0 Å². The van der Waals surface area contributed by atoms with Gasteiger partial charge in [-0.2, -0.15) is 0 Å². The highest BCUT2D eigenvalue weighted by Gasteiger charge is 2.29. The smallest absolute Gasteiger partial charge is 0.269 e. The minimum Gasteiger partial charge on any atom is -0.367 e. The summed E-state index contributed by atoms with van der Waals surface area (Å²) in [6.45, 7) is 4.51. The molecule has 2 bridgehead atoms. The van der Waals surface area contributed by atoms with Gasteiger partial charge in [0.1, 0.15) is 0 Å². The molecule has 104 valence electrons. The van der Waals surface area contributed by atoms with Gasteiger partial charge in [-0.1, -0.05) is 0 Å². The first-order valence-corrected chi connectivity index (χ1v) is 6.47. The number of rotatable bonds is 2. The highest BCUT2D eigenvalue weighted by molar-refractivity contribution is 5.52. The van der Waals surface area contributed by atoms with Gasteiger partial charge in [-0.05, 0) is 25.0 Å². The first-order chi connectivity index (χ1) is 8.74. The van der Waals surface area contributed by atoms with Crippen molar-refractivity contribution < 1.29 is 9.63 Å². The van der Waals surface area contributed by atoms with Crippen molar-refractivity contribution in [1.29, 1.82) is 0 Å². The van der Waals surface area contributed by atoms with E-state index in [4.69, 9.17) is 0 Å². The monoisotopic (exact) mass is 267 g/mol. The Labute approximate surface area is 111 Å². The quantitative estimate of drug-likeness (QED) is 0.607. The highest BCUT2D eigenvalue weighted by atomic mass is 19.0. The Morgan fingerprint density at radius 3 is 2.26 bits per heavy atom. The summed E-state index contributed by atoms with van der Waals surface area (Å²) in [6.07, 6.45) is 2.41. The zero-order valence-corrected chi connectivity index (χ0v) is 10.7. The number of nitro groups is 1. The number of hydrogen-bond donors (Lipinski definition) is 0. The van der Waals surface area contributed by atoms with E-state index in [1.165, 1.54) is 25.9 Å². The van der Waals surface area contributed by atoms with Crippen LogP contribution in [0.15, 0.2) is 24.3 Å². The molecule has 3 fully saturated rings. The van der Waals surface area contributed by atoms with Crippen molar-refractivity contribution in [3.05, 3.63) is 34.4 Å². The molecule has 3 saturated heterocycles. The summed E-state index contributed by atoms with van der Waals surface area (Å²) >= 11 is 0. The fourth-order valence-electron chi connectivity index (χ4n) is 2.99.